The first-order valence-corrected chi connectivity index (χ1v) is 11.6. The van der Waals surface area contributed by atoms with Crippen molar-refractivity contribution in [3.05, 3.63) is 66.2 Å². The molecule has 0 saturated carbocycles. The lowest BCUT2D eigenvalue weighted by Crippen LogP contribution is -2.47. The summed E-state index contributed by atoms with van der Waals surface area (Å²) in [6, 6.07) is 19.6. The average Bonchev–Trinajstić information content (AvgIpc) is 3.22. The number of nitrogens with zero attached hydrogens (tertiary/aromatic N) is 2. The van der Waals surface area contributed by atoms with E-state index >= 15 is 0 Å². The Bertz CT molecular complexity index is 1000. The summed E-state index contributed by atoms with van der Waals surface area (Å²) in [5.41, 5.74) is 1.14. The van der Waals surface area contributed by atoms with Gasteiger partial charge in [-0.15, -0.1) is 0 Å². The molecule has 1 fully saturated rings. The number of carbonyl (C=O) groups excluding carboxylic acids is 2. The van der Waals surface area contributed by atoms with Crippen LogP contribution in [0.2, 0.25) is 0 Å². The molecule has 2 aromatic carbocycles. The zero-order chi connectivity index (χ0) is 22.2. The average molecular weight is 437 g/mol. The molecule has 2 aromatic rings. The third-order valence-corrected chi connectivity index (χ3v) is 7.42. The quantitative estimate of drug-likeness (QED) is 0.616. The van der Waals surface area contributed by atoms with Gasteiger partial charge in [-0.05, 0) is 57.1 Å². The summed E-state index contributed by atoms with van der Waals surface area (Å²) in [5.74, 6) is 0.163. The Morgan fingerprint density at radius 2 is 1.74 bits per heavy atom. The van der Waals surface area contributed by atoms with E-state index in [-0.39, 0.29) is 29.5 Å². The van der Waals surface area contributed by atoms with Gasteiger partial charge in [0.25, 0.3) is 5.91 Å². The lowest BCUT2D eigenvalue weighted by Gasteiger charge is -2.34. The van der Waals surface area contributed by atoms with Gasteiger partial charge in [0, 0.05) is 5.25 Å². The molecular formula is C25H28N2O3S. The van der Waals surface area contributed by atoms with Gasteiger partial charge in [-0.1, -0.05) is 48.5 Å². The van der Waals surface area contributed by atoms with Gasteiger partial charge < -0.3 is 4.74 Å². The SMILES string of the molecule is CC1=NN(c2ccccc2)C(=O)[C@@]12[C@@H](CC(=O)OC(C)(C)C)CS[C@H]2c1ccccc1. The number of thioether (sulfide) groups is 1. The van der Waals surface area contributed by atoms with Crippen molar-refractivity contribution in [2.45, 2.75) is 45.0 Å². The first-order chi connectivity index (χ1) is 14.7. The molecule has 4 rings (SSSR count). The predicted molar refractivity (Wildman–Crippen MR) is 125 cm³/mol. The van der Waals surface area contributed by atoms with Gasteiger partial charge in [-0.3, -0.25) is 9.59 Å². The molecular weight excluding hydrogens is 408 g/mol. The van der Waals surface area contributed by atoms with Crippen LogP contribution in [-0.4, -0.2) is 28.9 Å². The minimum atomic E-state index is -0.876. The number of esters is 1. The third kappa shape index (κ3) is 3.89. The van der Waals surface area contributed by atoms with Crippen molar-refractivity contribution in [1.82, 2.24) is 0 Å². The molecule has 3 atom stereocenters. The van der Waals surface area contributed by atoms with Crippen molar-refractivity contribution >= 4 is 35.0 Å². The largest absolute Gasteiger partial charge is 0.460 e. The number of rotatable bonds is 4. The number of hydrazone groups is 1. The van der Waals surface area contributed by atoms with Gasteiger partial charge in [0.05, 0.1) is 17.8 Å². The number of para-hydroxylation sites is 1. The van der Waals surface area contributed by atoms with Crippen molar-refractivity contribution in [3.8, 4) is 0 Å². The Morgan fingerprint density at radius 1 is 1.13 bits per heavy atom. The molecule has 0 aromatic heterocycles. The number of hydrogen-bond donors (Lipinski definition) is 0. The van der Waals surface area contributed by atoms with Crippen molar-refractivity contribution in [3.63, 3.8) is 0 Å². The molecule has 0 aliphatic carbocycles. The van der Waals surface area contributed by atoms with E-state index in [1.807, 2.05) is 76.2 Å². The Labute approximate surface area is 187 Å². The number of carbonyl (C=O) groups is 2. The monoisotopic (exact) mass is 436 g/mol. The second-order valence-corrected chi connectivity index (χ2v) is 10.3. The van der Waals surface area contributed by atoms with Crippen LogP contribution in [0.3, 0.4) is 0 Å². The molecule has 6 heteroatoms. The first-order valence-electron chi connectivity index (χ1n) is 10.6. The minimum Gasteiger partial charge on any atom is -0.460 e. The van der Waals surface area contributed by atoms with Gasteiger partial charge in [-0.25, -0.2) is 0 Å². The fourth-order valence-corrected chi connectivity index (χ4v) is 6.49. The van der Waals surface area contributed by atoms with Crippen LogP contribution in [0.1, 0.15) is 44.9 Å². The Balaban J connectivity index is 1.75. The van der Waals surface area contributed by atoms with E-state index in [1.54, 1.807) is 11.8 Å². The molecule has 1 saturated heterocycles. The highest BCUT2D eigenvalue weighted by Crippen LogP contribution is 2.61. The second kappa shape index (κ2) is 8.15. The normalized spacial score (nSPS) is 25.7. The van der Waals surface area contributed by atoms with Crippen LogP contribution < -0.4 is 5.01 Å². The molecule has 31 heavy (non-hydrogen) atoms. The van der Waals surface area contributed by atoms with Gasteiger partial charge in [0.15, 0.2) is 0 Å². The van der Waals surface area contributed by atoms with Crippen molar-refractivity contribution in [2.24, 2.45) is 16.4 Å². The highest BCUT2D eigenvalue weighted by Gasteiger charge is 2.63. The van der Waals surface area contributed by atoms with Crippen LogP contribution in [0, 0.1) is 11.3 Å². The van der Waals surface area contributed by atoms with Gasteiger partial charge in [-0.2, -0.15) is 21.9 Å². The summed E-state index contributed by atoms with van der Waals surface area (Å²) < 4.78 is 5.61. The summed E-state index contributed by atoms with van der Waals surface area (Å²) >= 11 is 1.73. The van der Waals surface area contributed by atoms with Crippen LogP contribution in [0.5, 0.6) is 0 Å². The summed E-state index contributed by atoms with van der Waals surface area (Å²) in [5, 5.41) is 6.13. The van der Waals surface area contributed by atoms with Gasteiger partial charge >= 0.3 is 5.97 Å². The van der Waals surface area contributed by atoms with Crippen LogP contribution in [0.25, 0.3) is 0 Å². The van der Waals surface area contributed by atoms with Crippen molar-refractivity contribution in [2.75, 3.05) is 10.8 Å². The van der Waals surface area contributed by atoms with E-state index in [9.17, 15) is 9.59 Å². The maximum absolute atomic E-state index is 14.0. The first kappa shape index (κ1) is 21.6. The fraction of sp³-hybridized carbons (Fsp3) is 0.400. The van der Waals surface area contributed by atoms with Crippen LogP contribution >= 0.6 is 11.8 Å². The minimum absolute atomic E-state index is 0.0661. The number of hydrogen-bond acceptors (Lipinski definition) is 5. The molecule has 0 N–H and O–H groups in total. The van der Waals surface area contributed by atoms with E-state index in [0.29, 0.717) is 5.75 Å². The molecule has 2 heterocycles. The molecule has 1 spiro atoms. The smallest absolute Gasteiger partial charge is 0.306 e. The zero-order valence-electron chi connectivity index (χ0n) is 18.4. The Morgan fingerprint density at radius 3 is 2.35 bits per heavy atom. The number of anilines is 1. The second-order valence-electron chi connectivity index (χ2n) is 9.12. The molecule has 2 aliphatic heterocycles. The van der Waals surface area contributed by atoms with Crippen molar-refractivity contribution in [1.29, 1.82) is 0 Å². The van der Waals surface area contributed by atoms with Crippen LogP contribution in [0.15, 0.2) is 65.8 Å². The van der Waals surface area contributed by atoms with E-state index in [1.165, 1.54) is 5.01 Å². The third-order valence-electron chi connectivity index (χ3n) is 5.85. The Hall–Kier alpha value is -2.60. The molecule has 0 bridgehead atoms. The standard InChI is InChI=1S/C25H28N2O3S/c1-17-25(23(29)27(26-17)20-13-9-6-10-14-20)19(15-21(28)30-24(2,3)4)16-31-22(25)18-11-7-5-8-12-18/h5-14,19,22H,15-16H2,1-4H3/t19-,22-,25+/m0/s1. The van der Waals surface area contributed by atoms with Gasteiger partial charge in [0.1, 0.15) is 11.0 Å². The summed E-state index contributed by atoms with van der Waals surface area (Å²) in [4.78, 5) is 26.8. The highest BCUT2D eigenvalue weighted by atomic mass is 32.2. The van der Waals surface area contributed by atoms with Crippen LogP contribution in [-0.2, 0) is 14.3 Å². The fourth-order valence-electron chi connectivity index (χ4n) is 4.60. The number of amides is 1. The van der Waals surface area contributed by atoms with E-state index in [2.05, 4.69) is 12.1 Å². The van der Waals surface area contributed by atoms with E-state index in [0.717, 1.165) is 17.0 Å². The van der Waals surface area contributed by atoms with Gasteiger partial charge in [0.2, 0.25) is 0 Å². The predicted octanol–water partition coefficient (Wildman–Crippen LogP) is 5.23. The molecule has 162 valence electrons. The van der Waals surface area contributed by atoms with E-state index < -0.39 is 11.0 Å². The van der Waals surface area contributed by atoms with Crippen LogP contribution in [0.4, 0.5) is 5.69 Å². The molecule has 1 amide bonds. The maximum atomic E-state index is 14.0. The molecule has 0 unspecified atom stereocenters. The van der Waals surface area contributed by atoms with E-state index in [4.69, 9.17) is 9.84 Å². The summed E-state index contributed by atoms with van der Waals surface area (Å²) in [7, 11) is 0. The topological polar surface area (TPSA) is 59.0 Å². The maximum Gasteiger partial charge on any atom is 0.306 e. The molecule has 5 nitrogen and oxygen atoms in total. The number of ether oxygens (including phenoxy) is 1. The molecule has 0 radical (unpaired) electrons. The lowest BCUT2D eigenvalue weighted by atomic mass is 9.67. The Kier molecular flexibility index (Phi) is 5.69. The zero-order valence-corrected chi connectivity index (χ0v) is 19.2. The molecule has 2 aliphatic rings. The number of benzene rings is 2. The highest BCUT2D eigenvalue weighted by molar-refractivity contribution is 7.99. The van der Waals surface area contributed by atoms with Crippen molar-refractivity contribution < 1.29 is 14.3 Å². The summed E-state index contributed by atoms with van der Waals surface area (Å²) in [6.45, 7) is 7.51. The lowest BCUT2D eigenvalue weighted by molar-refractivity contribution is -0.156. The summed E-state index contributed by atoms with van der Waals surface area (Å²) in [6.07, 6.45) is 0.189.